The standard InChI is InChI=1S/C12H14ClNO2/c1-14(12(13)15)6-4-9-2-3-11-10(8-9)5-7-16-11/h2-3,8H,4-7H2,1H3. The van der Waals surface area contributed by atoms with E-state index in [4.69, 9.17) is 16.3 Å². The zero-order valence-corrected chi connectivity index (χ0v) is 9.96. The number of nitrogens with zero attached hydrogens (tertiary/aromatic N) is 1. The van der Waals surface area contributed by atoms with E-state index in [0.717, 1.165) is 25.2 Å². The molecule has 0 unspecified atom stereocenters. The van der Waals surface area contributed by atoms with Crippen LogP contribution in [0, 0.1) is 0 Å². The monoisotopic (exact) mass is 239 g/mol. The fraction of sp³-hybridized carbons (Fsp3) is 0.417. The van der Waals surface area contributed by atoms with Gasteiger partial charge in [0.1, 0.15) is 5.75 Å². The molecule has 0 aliphatic carbocycles. The minimum absolute atomic E-state index is 0.413. The molecule has 0 saturated heterocycles. The number of halogens is 1. The van der Waals surface area contributed by atoms with Crippen molar-refractivity contribution >= 4 is 17.0 Å². The summed E-state index contributed by atoms with van der Waals surface area (Å²) in [4.78, 5) is 12.3. The quantitative estimate of drug-likeness (QED) is 0.599. The molecule has 0 spiro atoms. The van der Waals surface area contributed by atoms with Crippen LogP contribution in [0.25, 0.3) is 0 Å². The second kappa shape index (κ2) is 4.74. The third-order valence-electron chi connectivity index (χ3n) is 2.79. The molecule has 4 heteroatoms. The summed E-state index contributed by atoms with van der Waals surface area (Å²) in [6.07, 6.45) is 1.80. The average molecular weight is 240 g/mol. The van der Waals surface area contributed by atoms with Crippen LogP contribution in [0.5, 0.6) is 5.75 Å². The number of amides is 1. The summed E-state index contributed by atoms with van der Waals surface area (Å²) in [6, 6.07) is 6.19. The highest BCUT2D eigenvalue weighted by Gasteiger charge is 2.12. The van der Waals surface area contributed by atoms with Crippen molar-refractivity contribution in [3.63, 3.8) is 0 Å². The highest BCUT2D eigenvalue weighted by atomic mass is 35.5. The highest BCUT2D eigenvalue weighted by molar-refractivity contribution is 6.62. The lowest BCUT2D eigenvalue weighted by Crippen LogP contribution is -2.23. The van der Waals surface area contributed by atoms with Crippen molar-refractivity contribution in [3.8, 4) is 5.75 Å². The van der Waals surface area contributed by atoms with E-state index in [0.29, 0.717) is 6.54 Å². The Bertz CT molecular complexity index is 406. The van der Waals surface area contributed by atoms with Gasteiger partial charge in [0.25, 0.3) is 0 Å². The van der Waals surface area contributed by atoms with E-state index in [9.17, 15) is 4.79 Å². The molecule has 0 aromatic heterocycles. The van der Waals surface area contributed by atoms with Gasteiger partial charge in [-0.05, 0) is 35.2 Å². The van der Waals surface area contributed by atoms with Crippen molar-refractivity contribution in [1.29, 1.82) is 0 Å². The Hall–Kier alpha value is -1.22. The minimum Gasteiger partial charge on any atom is -0.493 e. The van der Waals surface area contributed by atoms with Crippen LogP contribution in [0.1, 0.15) is 11.1 Å². The van der Waals surface area contributed by atoms with Crippen LogP contribution in [0.3, 0.4) is 0 Å². The lowest BCUT2D eigenvalue weighted by atomic mass is 10.1. The summed E-state index contributed by atoms with van der Waals surface area (Å²) in [7, 11) is 1.70. The SMILES string of the molecule is CN(CCc1ccc2c(c1)CCO2)C(=O)Cl. The van der Waals surface area contributed by atoms with E-state index in [-0.39, 0.29) is 0 Å². The molecule has 1 aromatic carbocycles. The summed E-state index contributed by atoms with van der Waals surface area (Å²) in [5.74, 6) is 0.991. The Morgan fingerprint density at radius 1 is 1.56 bits per heavy atom. The van der Waals surface area contributed by atoms with Crippen LogP contribution in [0.2, 0.25) is 0 Å². The van der Waals surface area contributed by atoms with Gasteiger partial charge in [-0.15, -0.1) is 0 Å². The van der Waals surface area contributed by atoms with Gasteiger partial charge in [0.15, 0.2) is 0 Å². The van der Waals surface area contributed by atoms with Crippen LogP contribution >= 0.6 is 11.6 Å². The third kappa shape index (κ3) is 2.47. The number of likely N-dealkylation sites (N-methyl/N-ethyl adjacent to an activating group) is 1. The minimum atomic E-state index is -0.413. The van der Waals surface area contributed by atoms with E-state index in [1.165, 1.54) is 16.0 Å². The molecule has 16 heavy (non-hydrogen) atoms. The Labute approximate surface area is 100.0 Å². The Morgan fingerprint density at radius 3 is 3.12 bits per heavy atom. The lowest BCUT2D eigenvalue weighted by molar-refractivity contribution is 0.232. The molecular weight excluding hydrogens is 226 g/mol. The molecule has 0 saturated carbocycles. The molecule has 2 rings (SSSR count). The van der Waals surface area contributed by atoms with E-state index < -0.39 is 5.37 Å². The molecule has 0 radical (unpaired) electrons. The van der Waals surface area contributed by atoms with Gasteiger partial charge < -0.3 is 9.64 Å². The second-order valence-corrected chi connectivity index (χ2v) is 4.29. The first-order valence-electron chi connectivity index (χ1n) is 5.32. The van der Waals surface area contributed by atoms with Crippen LogP contribution in [0.15, 0.2) is 18.2 Å². The smallest absolute Gasteiger partial charge is 0.316 e. The van der Waals surface area contributed by atoms with E-state index in [1.807, 2.05) is 12.1 Å². The maximum Gasteiger partial charge on any atom is 0.316 e. The summed E-state index contributed by atoms with van der Waals surface area (Å²) >= 11 is 5.36. The maximum atomic E-state index is 10.8. The predicted molar refractivity (Wildman–Crippen MR) is 63.2 cm³/mol. The highest BCUT2D eigenvalue weighted by Crippen LogP contribution is 2.25. The number of hydrogen-bond acceptors (Lipinski definition) is 2. The van der Waals surface area contributed by atoms with Gasteiger partial charge in [0, 0.05) is 20.0 Å². The van der Waals surface area contributed by atoms with Crippen LogP contribution in [-0.4, -0.2) is 30.5 Å². The number of benzene rings is 1. The zero-order chi connectivity index (χ0) is 11.5. The van der Waals surface area contributed by atoms with Gasteiger partial charge in [0.2, 0.25) is 0 Å². The van der Waals surface area contributed by atoms with Crippen molar-refractivity contribution in [2.75, 3.05) is 20.2 Å². The lowest BCUT2D eigenvalue weighted by Gasteiger charge is -2.13. The van der Waals surface area contributed by atoms with E-state index >= 15 is 0 Å². The molecule has 0 N–H and O–H groups in total. The largest absolute Gasteiger partial charge is 0.493 e. The number of ether oxygens (including phenoxy) is 1. The summed E-state index contributed by atoms with van der Waals surface area (Å²) in [5.41, 5.74) is 2.48. The predicted octanol–water partition coefficient (Wildman–Crippen LogP) is 2.45. The van der Waals surface area contributed by atoms with E-state index in [1.54, 1.807) is 7.05 Å². The van der Waals surface area contributed by atoms with E-state index in [2.05, 4.69) is 6.07 Å². The normalized spacial score (nSPS) is 13.1. The van der Waals surface area contributed by atoms with Crippen molar-refractivity contribution in [1.82, 2.24) is 4.90 Å². The molecule has 1 aromatic rings. The van der Waals surface area contributed by atoms with Crippen LogP contribution in [-0.2, 0) is 12.8 Å². The first kappa shape index (κ1) is 11.3. The fourth-order valence-electron chi connectivity index (χ4n) is 1.78. The molecular formula is C12H14ClNO2. The first-order chi connectivity index (χ1) is 7.66. The first-order valence-corrected chi connectivity index (χ1v) is 5.70. The van der Waals surface area contributed by atoms with Gasteiger partial charge in [-0.1, -0.05) is 12.1 Å². The number of carbonyl (C=O) groups excluding carboxylic acids is 1. The molecule has 0 atom stereocenters. The van der Waals surface area contributed by atoms with Crippen molar-refractivity contribution < 1.29 is 9.53 Å². The van der Waals surface area contributed by atoms with Crippen molar-refractivity contribution in [2.24, 2.45) is 0 Å². The molecule has 1 aliphatic rings. The molecule has 1 heterocycles. The maximum absolute atomic E-state index is 10.8. The van der Waals surface area contributed by atoms with Gasteiger partial charge in [-0.3, -0.25) is 4.79 Å². The summed E-state index contributed by atoms with van der Waals surface area (Å²) < 4.78 is 5.43. The van der Waals surface area contributed by atoms with Gasteiger partial charge in [-0.25, -0.2) is 0 Å². The average Bonchev–Trinajstić information content (AvgIpc) is 2.72. The fourth-order valence-corrected chi connectivity index (χ4v) is 1.86. The molecule has 3 nitrogen and oxygen atoms in total. The third-order valence-corrected chi connectivity index (χ3v) is 3.08. The zero-order valence-electron chi connectivity index (χ0n) is 9.20. The van der Waals surface area contributed by atoms with Gasteiger partial charge in [0.05, 0.1) is 6.61 Å². The van der Waals surface area contributed by atoms with Gasteiger partial charge in [-0.2, -0.15) is 0 Å². The molecule has 1 aliphatic heterocycles. The number of rotatable bonds is 3. The topological polar surface area (TPSA) is 29.5 Å². The molecule has 86 valence electrons. The summed E-state index contributed by atoms with van der Waals surface area (Å²) in [5, 5.41) is -0.413. The number of fused-ring (bicyclic) bond motifs is 1. The molecule has 0 fully saturated rings. The van der Waals surface area contributed by atoms with Crippen LogP contribution < -0.4 is 4.74 Å². The van der Waals surface area contributed by atoms with Crippen molar-refractivity contribution in [3.05, 3.63) is 29.3 Å². The number of hydrogen-bond donors (Lipinski definition) is 0. The summed E-state index contributed by atoms with van der Waals surface area (Å²) in [6.45, 7) is 1.42. The van der Waals surface area contributed by atoms with Crippen LogP contribution in [0.4, 0.5) is 4.79 Å². The second-order valence-electron chi connectivity index (χ2n) is 3.97. The Kier molecular flexibility index (Phi) is 3.34. The number of carbonyl (C=O) groups is 1. The van der Waals surface area contributed by atoms with Crippen molar-refractivity contribution in [2.45, 2.75) is 12.8 Å². The Morgan fingerprint density at radius 2 is 2.38 bits per heavy atom. The molecule has 0 bridgehead atoms. The Balaban J connectivity index is 1.98. The molecule has 1 amide bonds. The van der Waals surface area contributed by atoms with Gasteiger partial charge >= 0.3 is 5.37 Å².